The highest BCUT2D eigenvalue weighted by Gasteiger charge is 2.34. The Labute approximate surface area is 240 Å². The molecule has 1 N–H and O–H groups in total. The maximum absolute atomic E-state index is 14.0. The first-order chi connectivity index (χ1) is 18.2. The maximum atomic E-state index is 14.0. The Kier molecular flexibility index (Phi) is 10.0. The number of amides is 2. The molecule has 3 aromatic carbocycles. The van der Waals surface area contributed by atoms with Crippen LogP contribution in [0.15, 0.2) is 78.9 Å². The molecule has 39 heavy (non-hydrogen) atoms. The average Bonchev–Trinajstić information content (AvgIpc) is 2.85. The number of nitrogens with zero attached hydrogens (tertiary/aromatic N) is 2. The number of rotatable bonds is 10. The lowest BCUT2D eigenvalue weighted by Gasteiger charge is -2.35. The van der Waals surface area contributed by atoms with Crippen LogP contribution in [0.4, 0.5) is 5.69 Å². The fourth-order valence-electron chi connectivity index (χ4n) is 4.04. The minimum Gasteiger partial charge on any atom is -0.350 e. The molecule has 0 aromatic heterocycles. The Balaban J connectivity index is 2.08. The standard InChI is InChI=1S/C29H33Cl2N3O4S/c1-29(2,3)32-28(36)26(18-21-10-6-5-7-11-21)33(19-22-14-16-23(30)17-15-22)27(35)20-34(39(4,37)38)25-13-9-8-12-24(25)31/h5-17,26H,18-20H2,1-4H3,(H,32,36)/t26-/m0/s1. The van der Waals surface area contributed by atoms with E-state index in [0.717, 1.165) is 21.7 Å². The van der Waals surface area contributed by atoms with E-state index in [2.05, 4.69) is 5.32 Å². The van der Waals surface area contributed by atoms with Crippen LogP contribution in [0.1, 0.15) is 31.9 Å². The number of carbonyl (C=O) groups excluding carboxylic acids is 2. The number of benzene rings is 3. The van der Waals surface area contributed by atoms with E-state index in [-0.39, 0.29) is 29.6 Å². The van der Waals surface area contributed by atoms with Gasteiger partial charge in [0.25, 0.3) is 0 Å². The summed E-state index contributed by atoms with van der Waals surface area (Å²) in [6, 6.07) is 21.8. The van der Waals surface area contributed by atoms with Crippen LogP contribution in [0, 0.1) is 0 Å². The molecular weight excluding hydrogens is 557 g/mol. The summed E-state index contributed by atoms with van der Waals surface area (Å²) in [5, 5.41) is 3.71. The number of carbonyl (C=O) groups is 2. The van der Waals surface area contributed by atoms with Crippen molar-refractivity contribution in [1.82, 2.24) is 10.2 Å². The molecule has 7 nitrogen and oxygen atoms in total. The lowest BCUT2D eigenvalue weighted by molar-refractivity contribution is -0.140. The van der Waals surface area contributed by atoms with Crippen molar-refractivity contribution in [2.45, 2.75) is 45.3 Å². The molecule has 0 fully saturated rings. The number of sulfonamides is 1. The van der Waals surface area contributed by atoms with Crippen molar-refractivity contribution in [2.24, 2.45) is 0 Å². The molecular formula is C29H33Cl2N3O4S. The molecule has 0 heterocycles. The minimum absolute atomic E-state index is 0.0607. The second-order valence-corrected chi connectivity index (χ2v) is 13.1. The maximum Gasteiger partial charge on any atom is 0.244 e. The Morgan fingerprint density at radius 2 is 1.46 bits per heavy atom. The van der Waals surface area contributed by atoms with E-state index >= 15 is 0 Å². The molecule has 3 aromatic rings. The van der Waals surface area contributed by atoms with Gasteiger partial charge in [-0.1, -0.05) is 77.8 Å². The summed E-state index contributed by atoms with van der Waals surface area (Å²) in [6.07, 6.45) is 1.24. The summed E-state index contributed by atoms with van der Waals surface area (Å²) in [4.78, 5) is 29.1. The summed E-state index contributed by atoms with van der Waals surface area (Å²) in [5.41, 5.74) is 1.21. The van der Waals surface area contributed by atoms with Crippen molar-refractivity contribution in [3.8, 4) is 0 Å². The third-order valence-electron chi connectivity index (χ3n) is 5.84. The molecule has 0 aliphatic rings. The summed E-state index contributed by atoms with van der Waals surface area (Å²) in [7, 11) is -3.90. The van der Waals surface area contributed by atoms with Gasteiger partial charge in [-0.05, 0) is 56.2 Å². The van der Waals surface area contributed by atoms with Gasteiger partial charge >= 0.3 is 0 Å². The van der Waals surface area contributed by atoms with Crippen molar-refractivity contribution in [1.29, 1.82) is 0 Å². The van der Waals surface area contributed by atoms with Crippen molar-refractivity contribution < 1.29 is 18.0 Å². The van der Waals surface area contributed by atoms with Crippen LogP contribution >= 0.6 is 23.2 Å². The molecule has 10 heteroatoms. The molecule has 208 valence electrons. The summed E-state index contributed by atoms with van der Waals surface area (Å²) in [6.45, 7) is 5.10. The smallest absolute Gasteiger partial charge is 0.244 e. The highest BCUT2D eigenvalue weighted by molar-refractivity contribution is 7.92. The molecule has 1 atom stereocenters. The van der Waals surface area contributed by atoms with Crippen LogP contribution in [0.5, 0.6) is 0 Å². The van der Waals surface area contributed by atoms with Gasteiger partial charge in [0.1, 0.15) is 12.6 Å². The summed E-state index contributed by atoms with van der Waals surface area (Å²) < 4.78 is 26.6. The first-order valence-corrected chi connectivity index (χ1v) is 15.0. The third-order valence-corrected chi connectivity index (χ3v) is 7.53. The van der Waals surface area contributed by atoms with Crippen LogP contribution in [0.25, 0.3) is 0 Å². The van der Waals surface area contributed by atoms with Crippen molar-refractivity contribution in [2.75, 3.05) is 17.1 Å². The molecule has 0 unspecified atom stereocenters. The monoisotopic (exact) mass is 589 g/mol. The van der Waals surface area contributed by atoms with E-state index in [1.165, 1.54) is 11.0 Å². The second kappa shape index (κ2) is 12.9. The Bertz CT molecular complexity index is 1390. The van der Waals surface area contributed by atoms with Gasteiger partial charge in [-0.25, -0.2) is 8.42 Å². The van der Waals surface area contributed by atoms with E-state index in [1.807, 2.05) is 51.1 Å². The molecule has 0 bridgehead atoms. The van der Waals surface area contributed by atoms with Gasteiger partial charge in [0, 0.05) is 23.5 Å². The van der Waals surface area contributed by atoms with Gasteiger partial charge in [-0.15, -0.1) is 0 Å². The van der Waals surface area contributed by atoms with Crippen LogP contribution < -0.4 is 9.62 Å². The molecule has 0 saturated heterocycles. The van der Waals surface area contributed by atoms with E-state index in [1.54, 1.807) is 42.5 Å². The Hall–Kier alpha value is -3.07. The highest BCUT2D eigenvalue weighted by Crippen LogP contribution is 2.28. The predicted octanol–water partition coefficient (Wildman–Crippen LogP) is 5.31. The summed E-state index contributed by atoms with van der Waals surface area (Å²) in [5.74, 6) is -0.905. The van der Waals surface area contributed by atoms with Gasteiger partial charge in [0.05, 0.1) is 17.0 Å². The lowest BCUT2D eigenvalue weighted by atomic mass is 10.0. The van der Waals surface area contributed by atoms with Crippen molar-refractivity contribution in [3.05, 3.63) is 100 Å². The molecule has 0 aliphatic carbocycles. The first kappa shape index (κ1) is 30.5. The fourth-order valence-corrected chi connectivity index (χ4v) is 5.32. The Morgan fingerprint density at radius 1 is 0.872 bits per heavy atom. The SMILES string of the molecule is CC(C)(C)NC(=O)[C@H](Cc1ccccc1)N(Cc1ccc(Cl)cc1)C(=O)CN(c1ccccc1Cl)S(C)(=O)=O. The zero-order valence-corrected chi connectivity index (χ0v) is 24.7. The number of hydrogen-bond acceptors (Lipinski definition) is 4. The lowest BCUT2D eigenvalue weighted by Crippen LogP contribution is -2.56. The molecule has 2 amide bonds. The highest BCUT2D eigenvalue weighted by atomic mass is 35.5. The Morgan fingerprint density at radius 3 is 2.03 bits per heavy atom. The van der Waals surface area contributed by atoms with Gasteiger partial charge in [0.15, 0.2) is 0 Å². The number of anilines is 1. The molecule has 3 rings (SSSR count). The first-order valence-electron chi connectivity index (χ1n) is 12.4. The largest absolute Gasteiger partial charge is 0.350 e. The number of hydrogen-bond donors (Lipinski definition) is 1. The van der Waals surface area contributed by atoms with E-state index in [0.29, 0.717) is 5.02 Å². The van der Waals surface area contributed by atoms with Gasteiger partial charge in [0.2, 0.25) is 21.8 Å². The normalized spacial score (nSPS) is 12.5. The number of para-hydroxylation sites is 1. The zero-order chi connectivity index (χ0) is 28.8. The summed E-state index contributed by atoms with van der Waals surface area (Å²) >= 11 is 12.4. The minimum atomic E-state index is -3.90. The average molecular weight is 591 g/mol. The molecule has 0 radical (unpaired) electrons. The van der Waals surface area contributed by atoms with E-state index in [4.69, 9.17) is 23.2 Å². The number of nitrogens with one attached hydrogen (secondary N) is 1. The van der Waals surface area contributed by atoms with E-state index < -0.39 is 34.1 Å². The van der Waals surface area contributed by atoms with Gasteiger partial charge in [-0.3, -0.25) is 13.9 Å². The molecule has 0 saturated carbocycles. The van der Waals surface area contributed by atoms with Crippen LogP contribution in [0.2, 0.25) is 10.0 Å². The van der Waals surface area contributed by atoms with Crippen LogP contribution in [-0.4, -0.2) is 49.5 Å². The number of halogens is 2. The van der Waals surface area contributed by atoms with Crippen LogP contribution in [-0.2, 0) is 32.6 Å². The van der Waals surface area contributed by atoms with E-state index in [9.17, 15) is 18.0 Å². The molecule has 0 spiro atoms. The quantitative estimate of drug-likeness (QED) is 0.347. The second-order valence-electron chi connectivity index (χ2n) is 10.3. The van der Waals surface area contributed by atoms with Crippen molar-refractivity contribution >= 4 is 50.7 Å². The molecule has 0 aliphatic heterocycles. The fraction of sp³-hybridized carbons (Fsp3) is 0.310. The van der Waals surface area contributed by atoms with Gasteiger partial charge < -0.3 is 10.2 Å². The van der Waals surface area contributed by atoms with Crippen LogP contribution in [0.3, 0.4) is 0 Å². The third kappa shape index (κ3) is 8.98. The topological polar surface area (TPSA) is 86.8 Å². The predicted molar refractivity (Wildman–Crippen MR) is 157 cm³/mol. The van der Waals surface area contributed by atoms with Gasteiger partial charge in [-0.2, -0.15) is 0 Å². The zero-order valence-electron chi connectivity index (χ0n) is 22.4. The van der Waals surface area contributed by atoms with Crippen molar-refractivity contribution in [3.63, 3.8) is 0 Å².